The zero-order chi connectivity index (χ0) is 20.3. The van der Waals surface area contributed by atoms with Crippen LogP contribution in [0.15, 0.2) is 55.1 Å². The van der Waals surface area contributed by atoms with Gasteiger partial charge in [-0.1, -0.05) is 12.1 Å². The molecule has 0 unspecified atom stereocenters. The predicted octanol–water partition coefficient (Wildman–Crippen LogP) is 3.21. The lowest BCUT2D eigenvalue weighted by molar-refractivity contribution is 0.187. The number of rotatable bonds is 6. The molecule has 0 saturated carbocycles. The number of aromatic nitrogens is 5. The molecule has 4 heterocycles. The summed E-state index contributed by atoms with van der Waals surface area (Å²) in [4.78, 5) is 18.4. The highest BCUT2D eigenvalue weighted by Crippen LogP contribution is 2.28. The van der Waals surface area contributed by atoms with E-state index in [0.29, 0.717) is 24.8 Å². The van der Waals surface area contributed by atoms with Crippen molar-refractivity contribution in [1.82, 2.24) is 24.5 Å². The van der Waals surface area contributed by atoms with Gasteiger partial charge < -0.3 is 19.7 Å². The molecule has 0 amide bonds. The number of fused-ring (bicyclic) bond motifs is 1. The highest BCUT2D eigenvalue weighted by molar-refractivity contribution is 5.85. The van der Waals surface area contributed by atoms with Gasteiger partial charge in [0.15, 0.2) is 17.3 Å². The van der Waals surface area contributed by atoms with Crippen LogP contribution in [-0.4, -0.2) is 49.4 Å². The van der Waals surface area contributed by atoms with E-state index in [9.17, 15) is 5.11 Å². The SMILES string of the molecule is Oc1ccc(CCNc2nc(-c3cccnc3)nc3c2ncn3[C@@H]2CCOC2)cc1. The Morgan fingerprint density at radius 2 is 2.07 bits per heavy atom. The molecule has 1 fully saturated rings. The fraction of sp³-hybridized carbons (Fsp3) is 0.273. The summed E-state index contributed by atoms with van der Waals surface area (Å²) in [5, 5.41) is 12.9. The summed E-state index contributed by atoms with van der Waals surface area (Å²) in [6.45, 7) is 2.10. The summed E-state index contributed by atoms with van der Waals surface area (Å²) in [5.41, 5.74) is 3.54. The Morgan fingerprint density at radius 3 is 2.83 bits per heavy atom. The van der Waals surface area contributed by atoms with Crippen molar-refractivity contribution in [3.8, 4) is 17.1 Å². The molecular weight excluding hydrogens is 380 g/mol. The first kappa shape index (κ1) is 18.5. The largest absolute Gasteiger partial charge is 0.508 e. The molecule has 4 aromatic rings. The zero-order valence-electron chi connectivity index (χ0n) is 16.4. The number of phenols is 1. The van der Waals surface area contributed by atoms with E-state index in [0.717, 1.165) is 41.7 Å². The number of nitrogens with one attached hydrogen (secondary N) is 1. The number of hydrogen-bond acceptors (Lipinski definition) is 7. The average Bonchev–Trinajstić information content (AvgIpc) is 3.45. The fourth-order valence-electron chi connectivity index (χ4n) is 3.66. The Morgan fingerprint density at radius 1 is 1.17 bits per heavy atom. The van der Waals surface area contributed by atoms with Gasteiger partial charge in [0.05, 0.1) is 19.0 Å². The molecule has 0 spiro atoms. The maximum absolute atomic E-state index is 9.45. The predicted molar refractivity (Wildman–Crippen MR) is 113 cm³/mol. The number of hydrogen-bond donors (Lipinski definition) is 2. The lowest BCUT2D eigenvalue weighted by atomic mass is 10.1. The monoisotopic (exact) mass is 402 g/mol. The number of benzene rings is 1. The minimum Gasteiger partial charge on any atom is -0.508 e. The summed E-state index contributed by atoms with van der Waals surface area (Å²) in [5.74, 6) is 1.59. The molecule has 152 valence electrons. The lowest BCUT2D eigenvalue weighted by Gasteiger charge is -2.12. The smallest absolute Gasteiger partial charge is 0.166 e. The maximum Gasteiger partial charge on any atom is 0.166 e. The van der Waals surface area contributed by atoms with Crippen LogP contribution in [0.5, 0.6) is 5.75 Å². The molecule has 0 aliphatic carbocycles. The van der Waals surface area contributed by atoms with Gasteiger partial charge in [0, 0.05) is 31.1 Å². The molecule has 30 heavy (non-hydrogen) atoms. The lowest BCUT2D eigenvalue weighted by Crippen LogP contribution is -2.11. The molecule has 8 heteroatoms. The van der Waals surface area contributed by atoms with Crippen molar-refractivity contribution in [3.05, 3.63) is 60.7 Å². The van der Waals surface area contributed by atoms with Gasteiger partial charge in [-0.25, -0.2) is 15.0 Å². The average molecular weight is 402 g/mol. The highest BCUT2D eigenvalue weighted by atomic mass is 16.5. The van der Waals surface area contributed by atoms with Gasteiger partial charge in [-0.2, -0.15) is 0 Å². The third-order valence-electron chi connectivity index (χ3n) is 5.28. The fourth-order valence-corrected chi connectivity index (χ4v) is 3.66. The third kappa shape index (κ3) is 3.69. The van der Waals surface area contributed by atoms with Gasteiger partial charge in [0.25, 0.3) is 0 Å². The summed E-state index contributed by atoms with van der Waals surface area (Å²) < 4.78 is 7.65. The van der Waals surface area contributed by atoms with E-state index < -0.39 is 0 Å². The van der Waals surface area contributed by atoms with Crippen molar-refractivity contribution >= 4 is 17.0 Å². The maximum atomic E-state index is 9.45. The number of ether oxygens (including phenoxy) is 1. The number of nitrogens with zero attached hydrogens (tertiary/aromatic N) is 5. The Balaban J connectivity index is 1.48. The topological polar surface area (TPSA) is 98.0 Å². The van der Waals surface area contributed by atoms with Crippen LogP contribution in [-0.2, 0) is 11.2 Å². The second-order valence-electron chi connectivity index (χ2n) is 7.32. The Labute approximate surface area is 173 Å². The van der Waals surface area contributed by atoms with Crippen molar-refractivity contribution in [1.29, 1.82) is 0 Å². The van der Waals surface area contributed by atoms with Crippen LogP contribution in [0.3, 0.4) is 0 Å². The molecule has 1 saturated heterocycles. The van der Waals surface area contributed by atoms with E-state index in [1.165, 1.54) is 0 Å². The van der Waals surface area contributed by atoms with E-state index in [1.54, 1.807) is 24.5 Å². The summed E-state index contributed by atoms with van der Waals surface area (Å²) in [6, 6.07) is 11.3. The minimum atomic E-state index is 0.233. The van der Waals surface area contributed by atoms with Crippen LogP contribution in [0.4, 0.5) is 5.82 Å². The van der Waals surface area contributed by atoms with E-state index in [1.807, 2.05) is 30.6 Å². The molecule has 8 nitrogen and oxygen atoms in total. The van der Waals surface area contributed by atoms with Crippen LogP contribution < -0.4 is 5.32 Å². The molecule has 5 rings (SSSR count). The van der Waals surface area contributed by atoms with Crippen LogP contribution in [0.2, 0.25) is 0 Å². The molecule has 1 aromatic carbocycles. The number of aromatic hydroxyl groups is 1. The Kier molecular flexibility index (Phi) is 4.98. The zero-order valence-corrected chi connectivity index (χ0v) is 16.4. The molecule has 1 atom stereocenters. The van der Waals surface area contributed by atoms with E-state index in [2.05, 4.69) is 19.9 Å². The number of imidazole rings is 1. The van der Waals surface area contributed by atoms with Gasteiger partial charge in [-0.15, -0.1) is 0 Å². The van der Waals surface area contributed by atoms with Gasteiger partial charge >= 0.3 is 0 Å². The molecule has 1 aliphatic heterocycles. The van der Waals surface area contributed by atoms with Crippen molar-refractivity contribution in [2.45, 2.75) is 18.9 Å². The summed E-state index contributed by atoms with van der Waals surface area (Å²) in [6.07, 6.45) is 7.07. The number of anilines is 1. The van der Waals surface area contributed by atoms with Crippen molar-refractivity contribution in [2.24, 2.45) is 0 Å². The van der Waals surface area contributed by atoms with Crippen LogP contribution in [0, 0.1) is 0 Å². The van der Waals surface area contributed by atoms with Gasteiger partial charge in [-0.05, 0) is 42.7 Å². The second-order valence-corrected chi connectivity index (χ2v) is 7.32. The molecule has 3 aromatic heterocycles. The Hall–Kier alpha value is -3.52. The second kappa shape index (κ2) is 8.08. The van der Waals surface area contributed by atoms with E-state index in [4.69, 9.17) is 14.7 Å². The third-order valence-corrected chi connectivity index (χ3v) is 5.28. The highest BCUT2D eigenvalue weighted by Gasteiger charge is 2.22. The molecule has 1 aliphatic rings. The number of phenolic OH excluding ortho intramolecular Hbond substituents is 1. The summed E-state index contributed by atoms with van der Waals surface area (Å²) >= 11 is 0. The van der Waals surface area contributed by atoms with Crippen LogP contribution in [0.25, 0.3) is 22.6 Å². The van der Waals surface area contributed by atoms with Gasteiger partial charge in [0.2, 0.25) is 0 Å². The van der Waals surface area contributed by atoms with Crippen LogP contribution in [0.1, 0.15) is 18.0 Å². The standard InChI is InChI=1S/C22H22N6O2/c29-18-5-3-15(4-6-18)7-10-24-21-19-22(28(14-25-19)17-8-11-30-13-17)27-20(26-21)16-2-1-9-23-12-16/h1-6,9,12,14,17,29H,7-8,10-11,13H2,(H,24,26,27)/t17-/m1/s1. The van der Waals surface area contributed by atoms with Crippen molar-refractivity contribution in [2.75, 3.05) is 25.1 Å². The van der Waals surface area contributed by atoms with Crippen LogP contribution >= 0.6 is 0 Å². The first-order valence-electron chi connectivity index (χ1n) is 10.0. The minimum absolute atomic E-state index is 0.233. The Bertz CT molecular complexity index is 1140. The molecule has 2 N–H and O–H groups in total. The molecule has 0 radical (unpaired) electrons. The van der Waals surface area contributed by atoms with E-state index in [-0.39, 0.29) is 11.8 Å². The molecular formula is C22H22N6O2. The van der Waals surface area contributed by atoms with Gasteiger partial charge in [0.1, 0.15) is 11.3 Å². The van der Waals surface area contributed by atoms with Crippen molar-refractivity contribution in [3.63, 3.8) is 0 Å². The van der Waals surface area contributed by atoms with Gasteiger partial charge in [-0.3, -0.25) is 4.98 Å². The summed E-state index contributed by atoms with van der Waals surface area (Å²) in [7, 11) is 0. The normalized spacial score (nSPS) is 16.2. The molecule has 0 bridgehead atoms. The van der Waals surface area contributed by atoms with E-state index >= 15 is 0 Å². The number of pyridine rings is 1. The quantitative estimate of drug-likeness (QED) is 0.511. The first-order valence-corrected chi connectivity index (χ1v) is 10.0. The van der Waals surface area contributed by atoms with Crippen molar-refractivity contribution < 1.29 is 9.84 Å². The first-order chi connectivity index (χ1) is 14.8.